The monoisotopic (exact) mass is 478 g/mol. The molecule has 7 nitrogen and oxygen atoms in total. The van der Waals surface area contributed by atoms with Gasteiger partial charge >= 0.3 is 12.0 Å². The molecule has 2 amide bonds. The zero-order chi connectivity index (χ0) is 24.5. The molecule has 2 aromatic carbocycles. The molecule has 7 heteroatoms. The Kier molecular flexibility index (Phi) is 9.15. The number of carbonyl (C=O) groups is 2. The van der Waals surface area contributed by atoms with Crippen LogP contribution in [0, 0.1) is 0 Å². The average molecular weight is 479 g/mol. The maximum absolute atomic E-state index is 12.9. The molecule has 0 aromatic heterocycles. The van der Waals surface area contributed by atoms with Gasteiger partial charge in [0.1, 0.15) is 6.54 Å². The van der Waals surface area contributed by atoms with Crippen molar-refractivity contribution in [1.29, 1.82) is 0 Å². The van der Waals surface area contributed by atoms with Gasteiger partial charge < -0.3 is 15.3 Å². The van der Waals surface area contributed by atoms with Gasteiger partial charge in [-0.2, -0.15) is 0 Å². The number of carboxylic acid groups (broad SMARTS) is 1. The number of piperidine rings is 1. The lowest BCUT2D eigenvalue weighted by atomic mass is 10.0. The third kappa shape index (κ3) is 8.08. The Morgan fingerprint density at radius 3 is 2.03 bits per heavy atom. The van der Waals surface area contributed by atoms with Crippen LogP contribution < -0.4 is 5.32 Å². The van der Waals surface area contributed by atoms with Gasteiger partial charge in [-0.25, -0.2) is 4.79 Å². The molecule has 2 saturated heterocycles. The molecule has 35 heavy (non-hydrogen) atoms. The molecule has 2 fully saturated rings. The molecule has 0 aliphatic carbocycles. The van der Waals surface area contributed by atoms with Gasteiger partial charge in [0.05, 0.1) is 0 Å². The maximum Gasteiger partial charge on any atom is 0.323 e. The van der Waals surface area contributed by atoms with Crippen LogP contribution in [-0.2, 0) is 24.3 Å². The summed E-state index contributed by atoms with van der Waals surface area (Å²) in [7, 11) is 0. The molecular weight excluding hydrogens is 440 g/mol. The molecular formula is C28H38N4O3. The van der Waals surface area contributed by atoms with Crippen molar-refractivity contribution in [2.45, 2.75) is 51.2 Å². The lowest BCUT2D eigenvalue weighted by molar-refractivity contribution is -0.137. The number of hydrogen-bond acceptors (Lipinski definition) is 4. The Morgan fingerprint density at radius 2 is 1.40 bits per heavy atom. The first-order valence-corrected chi connectivity index (χ1v) is 12.9. The minimum Gasteiger partial charge on any atom is -0.480 e. The fourth-order valence-electron chi connectivity index (χ4n) is 5.03. The minimum absolute atomic E-state index is 0.0793. The van der Waals surface area contributed by atoms with E-state index in [1.165, 1.54) is 42.0 Å². The number of benzene rings is 2. The summed E-state index contributed by atoms with van der Waals surface area (Å²) in [5, 5.41) is 12.4. The summed E-state index contributed by atoms with van der Waals surface area (Å²) in [6.07, 6.45) is 4.95. The van der Waals surface area contributed by atoms with Gasteiger partial charge in [0.2, 0.25) is 0 Å². The van der Waals surface area contributed by atoms with E-state index < -0.39 is 5.97 Å². The molecule has 188 valence electrons. The molecule has 2 aromatic rings. The first kappa shape index (κ1) is 25.2. The maximum atomic E-state index is 12.9. The highest BCUT2D eigenvalue weighted by atomic mass is 16.4. The molecule has 0 spiro atoms. The summed E-state index contributed by atoms with van der Waals surface area (Å²) in [5.74, 6) is -0.987. The van der Waals surface area contributed by atoms with E-state index in [1.54, 1.807) is 0 Å². The van der Waals surface area contributed by atoms with Crippen molar-refractivity contribution in [3.8, 4) is 0 Å². The lowest BCUT2D eigenvalue weighted by Crippen LogP contribution is -2.50. The Balaban J connectivity index is 1.23. The van der Waals surface area contributed by atoms with Crippen LogP contribution in [0.4, 0.5) is 4.79 Å². The molecule has 4 rings (SSSR count). The number of nitrogens with zero attached hydrogens (tertiary/aromatic N) is 3. The summed E-state index contributed by atoms with van der Waals surface area (Å²) in [4.78, 5) is 30.6. The summed E-state index contributed by atoms with van der Waals surface area (Å²) in [5.41, 5.74) is 3.72. The second-order valence-electron chi connectivity index (χ2n) is 9.85. The van der Waals surface area contributed by atoms with Crippen molar-refractivity contribution >= 4 is 12.0 Å². The summed E-state index contributed by atoms with van der Waals surface area (Å²) >= 11 is 0. The van der Waals surface area contributed by atoms with Crippen LogP contribution in [0.3, 0.4) is 0 Å². The third-order valence-electron chi connectivity index (χ3n) is 7.08. The molecule has 0 atom stereocenters. The molecule has 0 radical (unpaired) electrons. The number of hydrogen-bond donors (Lipinski definition) is 2. The highest BCUT2D eigenvalue weighted by Crippen LogP contribution is 2.16. The second-order valence-corrected chi connectivity index (χ2v) is 9.85. The van der Waals surface area contributed by atoms with Crippen LogP contribution in [0.5, 0.6) is 0 Å². The van der Waals surface area contributed by atoms with E-state index in [9.17, 15) is 14.7 Å². The predicted octanol–water partition coefficient (Wildman–Crippen LogP) is 3.59. The molecule has 0 bridgehead atoms. The van der Waals surface area contributed by atoms with Gasteiger partial charge in [0.25, 0.3) is 0 Å². The van der Waals surface area contributed by atoms with Crippen molar-refractivity contribution < 1.29 is 14.7 Å². The predicted molar refractivity (Wildman–Crippen MR) is 137 cm³/mol. The van der Waals surface area contributed by atoms with Crippen LogP contribution in [0.25, 0.3) is 0 Å². The van der Waals surface area contributed by atoms with E-state index in [0.717, 1.165) is 44.6 Å². The number of urea groups is 1. The SMILES string of the molecule is O=C(O)CN(CCc1ccc(CN2CCCC2)cc1)C(=O)NC1CCN(Cc2ccccc2)CC1. The van der Waals surface area contributed by atoms with Crippen LogP contribution in [0.2, 0.25) is 0 Å². The van der Waals surface area contributed by atoms with E-state index in [4.69, 9.17) is 0 Å². The van der Waals surface area contributed by atoms with Gasteiger partial charge in [-0.1, -0.05) is 54.6 Å². The summed E-state index contributed by atoms with van der Waals surface area (Å²) in [6, 6.07) is 18.7. The lowest BCUT2D eigenvalue weighted by Gasteiger charge is -2.33. The number of carboxylic acids is 1. The standard InChI is InChI=1S/C28H38N4O3/c33-27(34)22-32(19-12-23-8-10-25(11-9-23)21-30-15-4-5-16-30)28(35)29-26-13-17-31(18-14-26)20-24-6-2-1-3-7-24/h1-3,6-11,26H,4-5,12-22H2,(H,29,35)(H,33,34). The quantitative estimate of drug-likeness (QED) is 0.546. The average Bonchev–Trinajstić information content (AvgIpc) is 3.37. The van der Waals surface area contributed by atoms with Crippen molar-refractivity contribution in [1.82, 2.24) is 20.0 Å². The molecule has 2 aliphatic heterocycles. The molecule has 0 saturated carbocycles. The minimum atomic E-state index is -0.987. The number of carbonyl (C=O) groups excluding carboxylic acids is 1. The van der Waals surface area contributed by atoms with Crippen molar-refractivity contribution in [2.24, 2.45) is 0 Å². The van der Waals surface area contributed by atoms with Gasteiger partial charge in [-0.3, -0.25) is 14.6 Å². The normalized spacial score (nSPS) is 17.4. The van der Waals surface area contributed by atoms with Crippen LogP contribution in [0.1, 0.15) is 42.4 Å². The molecule has 0 unspecified atom stereocenters. The van der Waals surface area contributed by atoms with Crippen LogP contribution in [-0.4, -0.2) is 77.1 Å². The molecule has 2 aliphatic rings. The highest BCUT2D eigenvalue weighted by molar-refractivity contribution is 5.80. The first-order chi connectivity index (χ1) is 17.0. The van der Waals surface area contributed by atoms with E-state index in [2.05, 4.69) is 63.6 Å². The number of likely N-dealkylation sites (tertiary alicyclic amines) is 2. The largest absolute Gasteiger partial charge is 0.480 e. The zero-order valence-corrected chi connectivity index (χ0v) is 20.6. The van der Waals surface area contributed by atoms with Crippen LogP contribution >= 0.6 is 0 Å². The number of amides is 2. The number of nitrogens with one attached hydrogen (secondary N) is 1. The summed E-state index contributed by atoms with van der Waals surface area (Å²) in [6.45, 7) is 6.19. The number of rotatable bonds is 10. The molecule has 2 N–H and O–H groups in total. The smallest absolute Gasteiger partial charge is 0.323 e. The van der Waals surface area contributed by atoms with Gasteiger partial charge in [-0.15, -0.1) is 0 Å². The Labute approximate surface area is 208 Å². The van der Waals surface area contributed by atoms with E-state index in [1.807, 2.05) is 6.07 Å². The Morgan fingerprint density at radius 1 is 0.829 bits per heavy atom. The topological polar surface area (TPSA) is 76.1 Å². The fourth-order valence-corrected chi connectivity index (χ4v) is 5.03. The first-order valence-electron chi connectivity index (χ1n) is 12.9. The van der Waals surface area contributed by atoms with Crippen molar-refractivity contribution in [3.05, 3.63) is 71.3 Å². The van der Waals surface area contributed by atoms with E-state index in [-0.39, 0.29) is 18.6 Å². The zero-order valence-electron chi connectivity index (χ0n) is 20.6. The fraction of sp³-hybridized carbons (Fsp3) is 0.500. The molecule has 2 heterocycles. The summed E-state index contributed by atoms with van der Waals surface area (Å²) < 4.78 is 0. The van der Waals surface area contributed by atoms with E-state index in [0.29, 0.717) is 13.0 Å². The Bertz CT molecular complexity index is 936. The highest BCUT2D eigenvalue weighted by Gasteiger charge is 2.24. The van der Waals surface area contributed by atoms with Crippen LogP contribution in [0.15, 0.2) is 54.6 Å². The Hall–Kier alpha value is -2.90. The van der Waals surface area contributed by atoms with Gasteiger partial charge in [0, 0.05) is 38.8 Å². The third-order valence-corrected chi connectivity index (χ3v) is 7.08. The van der Waals surface area contributed by atoms with Crippen molar-refractivity contribution in [2.75, 3.05) is 39.3 Å². The second kappa shape index (κ2) is 12.7. The van der Waals surface area contributed by atoms with Crippen molar-refractivity contribution in [3.63, 3.8) is 0 Å². The van der Waals surface area contributed by atoms with Gasteiger partial charge in [0.15, 0.2) is 0 Å². The van der Waals surface area contributed by atoms with Gasteiger partial charge in [-0.05, 0) is 61.9 Å². The number of aliphatic carboxylic acids is 1. The van der Waals surface area contributed by atoms with E-state index >= 15 is 0 Å².